The smallest absolute Gasteiger partial charge is 0.262 e. The molecule has 0 aliphatic heterocycles. The lowest BCUT2D eigenvalue weighted by molar-refractivity contribution is 0.118. The fourth-order valence-corrected chi connectivity index (χ4v) is 2.22. The Kier molecular flexibility index (Phi) is 4.20. The van der Waals surface area contributed by atoms with Crippen molar-refractivity contribution >= 4 is 11.0 Å². The number of H-pyrrole nitrogens is 1. The van der Waals surface area contributed by atoms with Gasteiger partial charge in [-0.25, -0.2) is 15.0 Å². The summed E-state index contributed by atoms with van der Waals surface area (Å²) in [4.78, 5) is 26.6. The molecule has 0 saturated carbocycles. The maximum Gasteiger partial charge on any atom is 0.262 e. The molecule has 6 nitrogen and oxygen atoms in total. The van der Waals surface area contributed by atoms with Crippen LogP contribution in [-0.2, 0) is 17.8 Å². The van der Waals surface area contributed by atoms with Crippen molar-refractivity contribution in [2.24, 2.45) is 0 Å². The molecule has 2 aromatic heterocycles. The molecule has 0 atom stereocenters. The summed E-state index contributed by atoms with van der Waals surface area (Å²) >= 11 is 0. The lowest BCUT2D eigenvalue weighted by Crippen LogP contribution is -2.14. The number of aryl methyl sites for hydroxylation is 1. The monoisotopic (exact) mass is 296 g/mol. The molecule has 0 aliphatic rings. The second kappa shape index (κ2) is 6.44. The van der Waals surface area contributed by atoms with Crippen molar-refractivity contribution in [1.82, 2.24) is 19.9 Å². The molecule has 0 unspecified atom stereocenters. The molecule has 1 N–H and O–H groups in total. The summed E-state index contributed by atoms with van der Waals surface area (Å²) in [5, 5.41) is 0.381. The zero-order valence-electron chi connectivity index (χ0n) is 12.2. The number of aromatic amines is 1. The Morgan fingerprint density at radius 3 is 3.09 bits per heavy atom. The topological polar surface area (TPSA) is 80.8 Å². The van der Waals surface area contributed by atoms with Crippen molar-refractivity contribution in [3.05, 3.63) is 64.1 Å². The summed E-state index contributed by atoms with van der Waals surface area (Å²) in [5.74, 6) is 0.473. The summed E-state index contributed by atoms with van der Waals surface area (Å²) in [6, 6.07) is 8.31. The predicted molar refractivity (Wildman–Crippen MR) is 82.5 cm³/mol. The van der Waals surface area contributed by atoms with Crippen LogP contribution >= 0.6 is 0 Å². The van der Waals surface area contributed by atoms with Crippen LogP contribution in [0.5, 0.6) is 0 Å². The Bertz CT molecular complexity index is 845. The predicted octanol–water partition coefficient (Wildman–Crippen LogP) is 1.78. The lowest BCUT2D eigenvalue weighted by Gasteiger charge is -2.05. The van der Waals surface area contributed by atoms with Crippen LogP contribution in [0.2, 0.25) is 0 Å². The van der Waals surface area contributed by atoms with Crippen molar-refractivity contribution in [3.8, 4) is 0 Å². The molecule has 0 amide bonds. The summed E-state index contributed by atoms with van der Waals surface area (Å²) in [5.41, 5.74) is 2.60. The van der Waals surface area contributed by atoms with E-state index in [0.29, 0.717) is 23.5 Å². The van der Waals surface area contributed by atoms with Crippen molar-refractivity contribution in [2.45, 2.75) is 20.0 Å². The van der Waals surface area contributed by atoms with Gasteiger partial charge in [0.1, 0.15) is 24.1 Å². The zero-order chi connectivity index (χ0) is 15.4. The summed E-state index contributed by atoms with van der Waals surface area (Å²) in [6.07, 6.45) is 3.65. The number of rotatable bonds is 5. The second-order valence-corrected chi connectivity index (χ2v) is 5.06. The third-order valence-electron chi connectivity index (χ3n) is 3.29. The van der Waals surface area contributed by atoms with Crippen LogP contribution in [0.25, 0.3) is 11.0 Å². The van der Waals surface area contributed by atoms with Crippen molar-refractivity contribution in [1.29, 1.82) is 0 Å². The molecule has 22 heavy (non-hydrogen) atoms. The first kappa shape index (κ1) is 14.3. The number of nitrogens with one attached hydrogen (secondary N) is 1. The molecule has 1 aromatic carbocycles. The number of fused-ring (bicyclic) bond motifs is 1. The molecule has 0 bridgehead atoms. The second-order valence-electron chi connectivity index (χ2n) is 5.06. The highest BCUT2D eigenvalue weighted by molar-refractivity contribution is 5.71. The van der Waals surface area contributed by atoms with Gasteiger partial charge in [0, 0.05) is 6.20 Å². The average Bonchev–Trinajstić information content (AvgIpc) is 2.52. The van der Waals surface area contributed by atoms with E-state index in [1.165, 1.54) is 23.7 Å². The molecule has 6 heteroatoms. The summed E-state index contributed by atoms with van der Waals surface area (Å²) in [6.45, 7) is 2.88. The maximum absolute atomic E-state index is 11.9. The first-order valence-electron chi connectivity index (χ1n) is 7.04. The molecular formula is C16H16N4O2. The van der Waals surface area contributed by atoms with Gasteiger partial charge in [-0.1, -0.05) is 29.8 Å². The molecule has 0 fully saturated rings. The summed E-state index contributed by atoms with van der Waals surface area (Å²) < 4.78 is 5.59. The first-order chi connectivity index (χ1) is 10.7. The first-order valence-corrected chi connectivity index (χ1v) is 7.04. The van der Waals surface area contributed by atoms with E-state index in [-0.39, 0.29) is 12.2 Å². The molecule has 112 valence electrons. The van der Waals surface area contributed by atoms with E-state index in [9.17, 15) is 4.79 Å². The fraction of sp³-hybridized carbons (Fsp3) is 0.250. The number of nitrogens with zero attached hydrogens (tertiary/aromatic N) is 3. The minimum absolute atomic E-state index is 0.247. The Hall–Kier alpha value is -2.60. The van der Waals surface area contributed by atoms with Crippen LogP contribution in [0.1, 0.15) is 17.0 Å². The third kappa shape index (κ3) is 3.35. The van der Waals surface area contributed by atoms with E-state index in [1.807, 2.05) is 6.07 Å². The SMILES string of the molecule is Cc1cccc(CCOCc2nc3ncncc3c(=O)[nH]2)c1. The average molecular weight is 296 g/mol. The molecular weight excluding hydrogens is 280 g/mol. The Labute approximate surface area is 127 Å². The molecule has 0 spiro atoms. The lowest BCUT2D eigenvalue weighted by atomic mass is 10.1. The number of hydrogen-bond acceptors (Lipinski definition) is 5. The molecule has 3 aromatic rings. The van der Waals surface area contributed by atoms with Crippen LogP contribution in [0.4, 0.5) is 0 Å². The minimum Gasteiger partial charge on any atom is -0.373 e. The van der Waals surface area contributed by atoms with Crippen molar-refractivity contribution in [3.63, 3.8) is 0 Å². The van der Waals surface area contributed by atoms with Gasteiger partial charge >= 0.3 is 0 Å². The van der Waals surface area contributed by atoms with E-state index in [0.717, 1.165) is 6.42 Å². The van der Waals surface area contributed by atoms with Crippen molar-refractivity contribution in [2.75, 3.05) is 6.61 Å². The van der Waals surface area contributed by atoms with E-state index < -0.39 is 0 Å². The Balaban J connectivity index is 1.61. The molecule has 2 heterocycles. The number of aromatic nitrogens is 4. The molecule has 0 aliphatic carbocycles. The molecule has 0 radical (unpaired) electrons. The van der Waals surface area contributed by atoms with E-state index >= 15 is 0 Å². The van der Waals surface area contributed by atoms with Crippen molar-refractivity contribution < 1.29 is 4.74 Å². The molecule has 3 rings (SSSR count). The van der Waals surface area contributed by atoms with Gasteiger partial charge in [0.25, 0.3) is 5.56 Å². The normalized spacial score (nSPS) is 11.0. The number of hydrogen-bond donors (Lipinski definition) is 1. The minimum atomic E-state index is -0.247. The van der Waals surface area contributed by atoms with E-state index in [4.69, 9.17) is 4.74 Å². The standard InChI is InChI=1S/C16H16N4O2/c1-11-3-2-4-12(7-11)5-6-22-9-14-19-15-13(16(21)20-14)8-17-10-18-15/h2-4,7-8,10H,5-6,9H2,1H3,(H,17,18,19,20,21). The van der Waals surface area contributed by atoms with Gasteiger partial charge in [-0.05, 0) is 18.9 Å². The van der Waals surface area contributed by atoms with Gasteiger partial charge in [0.15, 0.2) is 5.65 Å². The fourth-order valence-electron chi connectivity index (χ4n) is 2.22. The molecule has 0 saturated heterocycles. The highest BCUT2D eigenvalue weighted by Crippen LogP contribution is 2.06. The third-order valence-corrected chi connectivity index (χ3v) is 3.29. The van der Waals surface area contributed by atoms with Gasteiger partial charge in [-0.15, -0.1) is 0 Å². The van der Waals surface area contributed by atoms with Crippen LogP contribution in [0.3, 0.4) is 0 Å². The van der Waals surface area contributed by atoms with Crippen LogP contribution in [0, 0.1) is 6.92 Å². The quantitative estimate of drug-likeness (QED) is 0.726. The zero-order valence-corrected chi connectivity index (χ0v) is 12.2. The van der Waals surface area contributed by atoms with E-state index in [1.54, 1.807) is 0 Å². The van der Waals surface area contributed by atoms with Gasteiger partial charge < -0.3 is 9.72 Å². The van der Waals surface area contributed by atoms with Gasteiger partial charge in [0.2, 0.25) is 0 Å². The summed E-state index contributed by atoms with van der Waals surface area (Å²) in [7, 11) is 0. The number of benzene rings is 1. The highest BCUT2D eigenvalue weighted by atomic mass is 16.5. The Morgan fingerprint density at radius 2 is 2.23 bits per heavy atom. The van der Waals surface area contributed by atoms with E-state index in [2.05, 4.69) is 45.1 Å². The maximum atomic E-state index is 11.9. The van der Waals surface area contributed by atoms with Gasteiger partial charge in [0.05, 0.1) is 6.61 Å². The Morgan fingerprint density at radius 1 is 1.32 bits per heavy atom. The highest BCUT2D eigenvalue weighted by Gasteiger charge is 2.04. The van der Waals surface area contributed by atoms with Crippen LogP contribution in [0.15, 0.2) is 41.6 Å². The van der Waals surface area contributed by atoms with Crippen LogP contribution in [-0.4, -0.2) is 26.5 Å². The number of ether oxygens (including phenoxy) is 1. The largest absolute Gasteiger partial charge is 0.373 e. The van der Waals surface area contributed by atoms with Gasteiger partial charge in [-0.2, -0.15) is 0 Å². The van der Waals surface area contributed by atoms with Gasteiger partial charge in [-0.3, -0.25) is 4.79 Å². The van der Waals surface area contributed by atoms with Crippen LogP contribution < -0.4 is 5.56 Å².